The van der Waals surface area contributed by atoms with Gasteiger partial charge in [0.1, 0.15) is 0 Å². The summed E-state index contributed by atoms with van der Waals surface area (Å²) in [6, 6.07) is 21.0. The third kappa shape index (κ3) is 8.83. The van der Waals surface area contributed by atoms with Crippen LogP contribution in [0.4, 0.5) is 0 Å². The van der Waals surface area contributed by atoms with Crippen molar-refractivity contribution in [3.63, 3.8) is 0 Å². The molecule has 7 nitrogen and oxygen atoms in total. The van der Waals surface area contributed by atoms with E-state index >= 15 is 0 Å². The van der Waals surface area contributed by atoms with Crippen LogP contribution >= 0.6 is 24.0 Å². The van der Waals surface area contributed by atoms with Gasteiger partial charge in [0.2, 0.25) is 5.88 Å². The van der Waals surface area contributed by atoms with E-state index in [1.54, 1.807) is 6.20 Å². The summed E-state index contributed by atoms with van der Waals surface area (Å²) in [7, 11) is 0. The van der Waals surface area contributed by atoms with Crippen molar-refractivity contribution in [3.8, 4) is 17.4 Å². The van der Waals surface area contributed by atoms with E-state index in [0.717, 1.165) is 17.7 Å². The van der Waals surface area contributed by atoms with Gasteiger partial charge in [-0.05, 0) is 43.5 Å². The van der Waals surface area contributed by atoms with Crippen LogP contribution in [0.2, 0.25) is 0 Å². The molecule has 0 fully saturated rings. The van der Waals surface area contributed by atoms with Crippen LogP contribution in [0.15, 0.2) is 77.9 Å². The number of benzene rings is 2. The van der Waals surface area contributed by atoms with Crippen LogP contribution < -0.4 is 20.1 Å². The second-order valence-electron chi connectivity index (χ2n) is 7.32. The Labute approximate surface area is 218 Å². The smallest absolute Gasteiger partial charge is 0.219 e. The number of halogens is 1. The Morgan fingerprint density at radius 3 is 2.38 bits per heavy atom. The number of aliphatic hydroxyl groups is 1. The van der Waals surface area contributed by atoms with Crippen molar-refractivity contribution in [2.45, 2.75) is 32.9 Å². The zero-order chi connectivity index (χ0) is 23.3. The van der Waals surface area contributed by atoms with E-state index in [2.05, 4.69) is 20.6 Å². The average Bonchev–Trinajstić information content (AvgIpc) is 2.85. The minimum Gasteiger partial charge on any atom is -0.490 e. The van der Waals surface area contributed by atoms with Gasteiger partial charge < -0.3 is 25.2 Å². The summed E-state index contributed by atoms with van der Waals surface area (Å²) >= 11 is 0. The molecule has 2 aromatic carbocycles. The number of ether oxygens (including phenoxy) is 2. The number of nitrogens with zero attached hydrogens (tertiary/aromatic N) is 2. The molecule has 0 saturated carbocycles. The predicted molar refractivity (Wildman–Crippen MR) is 146 cm³/mol. The van der Waals surface area contributed by atoms with Crippen molar-refractivity contribution < 1.29 is 14.6 Å². The lowest BCUT2D eigenvalue weighted by Crippen LogP contribution is -2.38. The molecule has 1 aromatic heterocycles. The fourth-order valence-corrected chi connectivity index (χ4v) is 3.17. The molecule has 0 radical (unpaired) electrons. The molecule has 182 valence electrons. The van der Waals surface area contributed by atoms with Gasteiger partial charge in [-0.15, -0.1) is 24.0 Å². The third-order valence-corrected chi connectivity index (χ3v) is 4.82. The van der Waals surface area contributed by atoms with E-state index in [9.17, 15) is 5.11 Å². The quantitative estimate of drug-likeness (QED) is 0.168. The number of para-hydroxylation sites is 2. The number of rotatable bonds is 11. The third-order valence-electron chi connectivity index (χ3n) is 4.82. The molecule has 3 aromatic rings. The Kier molecular flexibility index (Phi) is 12.2. The highest BCUT2D eigenvalue weighted by molar-refractivity contribution is 14.0. The number of guanidine groups is 1. The van der Waals surface area contributed by atoms with Crippen molar-refractivity contribution in [1.82, 2.24) is 15.6 Å². The Hall–Kier alpha value is -2.85. The first kappa shape index (κ1) is 27.4. The summed E-state index contributed by atoms with van der Waals surface area (Å²) in [5.41, 5.74) is 1.88. The van der Waals surface area contributed by atoms with Gasteiger partial charge in [-0.3, -0.25) is 0 Å². The molecule has 0 aliphatic rings. The van der Waals surface area contributed by atoms with Gasteiger partial charge in [-0.2, -0.15) is 0 Å². The molecular weight excluding hydrogens is 543 g/mol. The highest BCUT2D eigenvalue weighted by Crippen LogP contribution is 2.30. The molecule has 1 heterocycles. The SMILES string of the molecule is CCNC(=NCc1ccc(Oc2ccccc2OCC)nc1)NCCC(O)c1ccccc1.I. The lowest BCUT2D eigenvalue weighted by atomic mass is 10.1. The van der Waals surface area contributed by atoms with Crippen molar-refractivity contribution in [3.05, 3.63) is 84.1 Å². The number of nitrogens with one attached hydrogen (secondary N) is 2. The van der Waals surface area contributed by atoms with Gasteiger partial charge >= 0.3 is 0 Å². The predicted octanol–water partition coefficient (Wildman–Crippen LogP) is 5.07. The Balaban J connectivity index is 0.00000408. The van der Waals surface area contributed by atoms with Gasteiger partial charge in [-0.1, -0.05) is 48.5 Å². The molecule has 34 heavy (non-hydrogen) atoms. The van der Waals surface area contributed by atoms with Gasteiger partial charge in [0.05, 0.1) is 19.3 Å². The Bertz CT molecular complexity index is 1000. The van der Waals surface area contributed by atoms with Crippen molar-refractivity contribution >= 4 is 29.9 Å². The first-order chi connectivity index (χ1) is 16.2. The molecule has 0 aliphatic carbocycles. The summed E-state index contributed by atoms with van der Waals surface area (Å²) < 4.78 is 11.5. The van der Waals surface area contributed by atoms with Gasteiger partial charge in [-0.25, -0.2) is 9.98 Å². The molecule has 0 aliphatic heterocycles. The topological polar surface area (TPSA) is 88.0 Å². The number of aliphatic hydroxyl groups excluding tert-OH is 1. The van der Waals surface area contributed by atoms with Crippen LogP contribution in [0.3, 0.4) is 0 Å². The molecular formula is C26H33IN4O3. The standard InChI is InChI=1S/C26H32N4O3.HI/c1-3-27-26(28-17-16-22(31)21-10-6-5-7-11-21)30-19-20-14-15-25(29-18-20)33-24-13-9-8-12-23(24)32-4-2;/h5-15,18,22,31H,3-4,16-17,19H2,1-2H3,(H2,27,28,30);1H. The molecule has 0 spiro atoms. The first-order valence-corrected chi connectivity index (χ1v) is 11.3. The number of hydrogen-bond acceptors (Lipinski definition) is 5. The van der Waals surface area contributed by atoms with Crippen LogP contribution in [-0.4, -0.2) is 35.7 Å². The molecule has 0 bridgehead atoms. The van der Waals surface area contributed by atoms with Gasteiger partial charge in [0.15, 0.2) is 17.5 Å². The number of aliphatic imine (C=N–C) groups is 1. The maximum Gasteiger partial charge on any atom is 0.219 e. The second kappa shape index (κ2) is 15.1. The van der Waals surface area contributed by atoms with Crippen LogP contribution in [0.5, 0.6) is 17.4 Å². The second-order valence-corrected chi connectivity index (χ2v) is 7.32. The van der Waals surface area contributed by atoms with E-state index in [0.29, 0.717) is 49.5 Å². The summed E-state index contributed by atoms with van der Waals surface area (Å²) in [5.74, 6) is 2.52. The maximum absolute atomic E-state index is 10.3. The van der Waals surface area contributed by atoms with E-state index < -0.39 is 6.10 Å². The van der Waals surface area contributed by atoms with E-state index in [1.807, 2.05) is 80.6 Å². The van der Waals surface area contributed by atoms with E-state index in [4.69, 9.17) is 9.47 Å². The Morgan fingerprint density at radius 2 is 1.71 bits per heavy atom. The minimum atomic E-state index is -0.508. The first-order valence-electron chi connectivity index (χ1n) is 11.3. The summed E-state index contributed by atoms with van der Waals surface area (Å²) in [6.45, 7) is 6.34. The molecule has 1 unspecified atom stereocenters. The molecule has 0 saturated heterocycles. The highest BCUT2D eigenvalue weighted by atomic mass is 127. The zero-order valence-corrected chi connectivity index (χ0v) is 21.9. The van der Waals surface area contributed by atoms with Gasteiger partial charge in [0, 0.05) is 25.4 Å². The summed E-state index contributed by atoms with van der Waals surface area (Å²) in [4.78, 5) is 9.01. The van der Waals surface area contributed by atoms with E-state index in [-0.39, 0.29) is 24.0 Å². The monoisotopic (exact) mass is 576 g/mol. The van der Waals surface area contributed by atoms with Crippen LogP contribution in [0.1, 0.15) is 37.5 Å². The van der Waals surface area contributed by atoms with Crippen LogP contribution in [0.25, 0.3) is 0 Å². The van der Waals surface area contributed by atoms with Crippen molar-refractivity contribution in [1.29, 1.82) is 0 Å². The van der Waals surface area contributed by atoms with Gasteiger partial charge in [0.25, 0.3) is 0 Å². The van der Waals surface area contributed by atoms with Crippen LogP contribution in [0, 0.1) is 0 Å². The van der Waals surface area contributed by atoms with Crippen LogP contribution in [-0.2, 0) is 6.54 Å². The Morgan fingerprint density at radius 1 is 0.971 bits per heavy atom. The molecule has 0 amide bonds. The normalized spacial score (nSPS) is 11.8. The maximum atomic E-state index is 10.3. The summed E-state index contributed by atoms with van der Waals surface area (Å²) in [5, 5.41) is 16.8. The number of pyridine rings is 1. The summed E-state index contributed by atoms with van der Waals surface area (Å²) in [6.07, 6.45) is 1.84. The minimum absolute atomic E-state index is 0. The van der Waals surface area contributed by atoms with Crippen molar-refractivity contribution in [2.75, 3.05) is 19.7 Å². The average molecular weight is 576 g/mol. The zero-order valence-electron chi connectivity index (χ0n) is 19.6. The molecule has 1 atom stereocenters. The molecule has 8 heteroatoms. The number of hydrogen-bond donors (Lipinski definition) is 3. The van der Waals surface area contributed by atoms with Crippen molar-refractivity contribution in [2.24, 2.45) is 4.99 Å². The highest BCUT2D eigenvalue weighted by Gasteiger charge is 2.08. The fraction of sp³-hybridized carbons (Fsp3) is 0.308. The molecule has 3 N–H and O–H groups in total. The lowest BCUT2D eigenvalue weighted by molar-refractivity contribution is 0.168. The largest absolute Gasteiger partial charge is 0.490 e. The van der Waals surface area contributed by atoms with E-state index in [1.165, 1.54) is 0 Å². The molecule has 3 rings (SSSR count). The number of aromatic nitrogens is 1. The lowest BCUT2D eigenvalue weighted by Gasteiger charge is -2.14. The fourth-order valence-electron chi connectivity index (χ4n) is 3.17.